The predicted molar refractivity (Wildman–Crippen MR) is 92.5 cm³/mol. The average molecular weight is 307 g/mol. The zero-order valence-corrected chi connectivity index (χ0v) is 13.4. The minimum atomic E-state index is 0.506. The van der Waals surface area contributed by atoms with Crippen LogP contribution in [0, 0.1) is 6.92 Å². The molecule has 0 spiro atoms. The summed E-state index contributed by atoms with van der Waals surface area (Å²) in [7, 11) is 0. The van der Waals surface area contributed by atoms with Crippen LogP contribution in [-0.4, -0.2) is 16.0 Å². The molecule has 118 valence electrons. The van der Waals surface area contributed by atoms with Crippen LogP contribution >= 0.6 is 0 Å². The van der Waals surface area contributed by atoms with Crippen molar-refractivity contribution in [3.05, 3.63) is 42.2 Å². The highest BCUT2D eigenvalue weighted by Crippen LogP contribution is 2.28. The van der Waals surface area contributed by atoms with E-state index in [1.807, 2.05) is 12.1 Å². The number of anilines is 1. The van der Waals surface area contributed by atoms with Gasteiger partial charge in [-0.1, -0.05) is 30.9 Å². The molecule has 1 N–H and O–H groups in total. The Kier molecular flexibility index (Phi) is 3.74. The Balaban J connectivity index is 1.79. The molecular weight excluding hydrogens is 286 g/mol. The van der Waals surface area contributed by atoms with E-state index in [1.54, 1.807) is 6.26 Å². The van der Waals surface area contributed by atoms with Crippen LogP contribution in [0.5, 0.6) is 0 Å². The summed E-state index contributed by atoms with van der Waals surface area (Å²) >= 11 is 0. The largest absolute Gasteiger partial charge is 0.461 e. The SMILES string of the molecule is Cc1ccc2nc(-c3ccco3)nc(NC3CCCCC3)c2c1. The van der Waals surface area contributed by atoms with Crippen LogP contribution in [0.15, 0.2) is 41.0 Å². The highest BCUT2D eigenvalue weighted by molar-refractivity contribution is 5.91. The van der Waals surface area contributed by atoms with Crippen molar-refractivity contribution in [2.24, 2.45) is 0 Å². The van der Waals surface area contributed by atoms with E-state index in [-0.39, 0.29) is 0 Å². The zero-order chi connectivity index (χ0) is 15.6. The lowest BCUT2D eigenvalue weighted by molar-refractivity contribution is 0.462. The van der Waals surface area contributed by atoms with E-state index in [1.165, 1.54) is 37.7 Å². The lowest BCUT2D eigenvalue weighted by Gasteiger charge is -2.24. The standard InChI is InChI=1S/C19H21N3O/c1-13-9-10-16-15(12-13)18(20-14-6-3-2-4-7-14)22-19(21-16)17-8-5-11-23-17/h5,8-12,14H,2-4,6-7H2,1H3,(H,20,21,22). The van der Waals surface area contributed by atoms with Gasteiger partial charge >= 0.3 is 0 Å². The molecule has 0 aliphatic heterocycles. The smallest absolute Gasteiger partial charge is 0.198 e. The Morgan fingerprint density at radius 2 is 1.96 bits per heavy atom. The molecule has 1 fully saturated rings. The molecule has 0 amide bonds. The van der Waals surface area contributed by atoms with Crippen molar-refractivity contribution in [1.29, 1.82) is 0 Å². The van der Waals surface area contributed by atoms with Crippen LogP contribution in [0.1, 0.15) is 37.7 Å². The van der Waals surface area contributed by atoms with E-state index in [4.69, 9.17) is 9.40 Å². The van der Waals surface area contributed by atoms with Gasteiger partial charge in [0.2, 0.25) is 0 Å². The molecule has 0 bridgehead atoms. The number of benzene rings is 1. The molecule has 1 aromatic carbocycles. The van der Waals surface area contributed by atoms with Gasteiger partial charge in [0.05, 0.1) is 11.8 Å². The van der Waals surface area contributed by atoms with Crippen LogP contribution in [0.2, 0.25) is 0 Å². The summed E-state index contributed by atoms with van der Waals surface area (Å²) in [4.78, 5) is 9.43. The van der Waals surface area contributed by atoms with Gasteiger partial charge in [0.15, 0.2) is 11.6 Å². The number of fused-ring (bicyclic) bond motifs is 1. The lowest BCUT2D eigenvalue weighted by Crippen LogP contribution is -2.23. The highest BCUT2D eigenvalue weighted by Gasteiger charge is 2.17. The van der Waals surface area contributed by atoms with Gasteiger partial charge in [0.1, 0.15) is 5.82 Å². The van der Waals surface area contributed by atoms with Crippen molar-refractivity contribution in [2.75, 3.05) is 5.32 Å². The molecule has 4 heteroatoms. The highest BCUT2D eigenvalue weighted by atomic mass is 16.3. The van der Waals surface area contributed by atoms with Crippen molar-refractivity contribution in [1.82, 2.24) is 9.97 Å². The molecule has 0 atom stereocenters. The van der Waals surface area contributed by atoms with Crippen molar-refractivity contribution < 1.29 is 4.42 Å². The molecule has 23 heavy (non-hydrogen) atoms. The molecule has 0 radical (unpaired) electrons. The quantitative estimate of drug-likeness (QED) is 0.744. The normalized spacial score (nSPS) is 15.9. The number of hydrogen-bond donors (Lipinski definition) is 1. The Morgan fingerprint density at radius 3 is 2.74 bits per heavy atom. The summed E-state index contributed by atoms with van der Waals surface area (Å²) in [6, 6.07) is 10.6. The Hall–Kier alpha value is -2.36. The summed E-state index contributed by atoms with van der Waals surface area (Å²) in [5.41, 5.74) is 2.17. The van der Waals surface area contributed by atoms with Crippen LogP contribution in [0.3, 0.4) is 0 Å². The predicted octanol–water partition coefficient (Wildman–Crippen LogP) is 4.94. The van der Waals surface area contributed by atoms with Gasteiger partial charge in [0, 0.05) is 11.4 Å². The van der Waals surface area contributed by atoms with Crippen molar-refractivity contribution >= 4 is 16.7 Å². The first-order chi connectivity index (χ1) is 11.3. The maximum absolute atomic E-state index is 5.48. The van der Waals surface area contributed by atoms with E-state index in [0.29, 0.717) is 17.6 Å². The Bertz CT molecular complexity index is 805. The minimum absolute atomic E-state index is 0.506. The van der Waals surface area contributed by atoms with Crippen molar-refractivity contribution in [3.8, 4) is 11.6 Å². The fourth-order valence-corrected chi connectivity index (χ4v) is 3.31. The third-order valence-electron chi connectivity index (χ3n) is 4.54. The van der Waals surface area contributed by atoms with E-state index < -0.39 is 0 Å². The number of hydrogen-bond acceptors (Lipinski definition) is 4. The molecule has 1 aliphatic rings. The maximum Gasteiger partial charge on any atom is 0.198 e. The average Bonchev–Trinajstić information content (AvgIpc) is 3.11. The Morgan fingerprint density at radius 1 is 1.09 bits per heavy atom. The first-order valence-corrected chi connectivity index (χ1v) is 8.38. The molecule has 2 aromatic heterocycles. The molecule has 4 rings (SSSR count). The Labute approximate surface area is 136 Å². The monoisotopic (exact) mass is 307 g/mol. The zero-order valence-electron chi connectivity index (χ0n) is 13.4. The fraction of sp³-hybridized carbons (Fsp3) is 0.368. The lowest BCUT2D eigenvalue weighted by atomic mass is 9.95. The molecule has 1 aliphatic carbocycles. The van der Waals surface area contributed by atoms with Crippen LogP contribution in [0.25, 0.3) is 22.5 Å². The molecule has 1 saturated carbocycles. The maximum atomic E-state index is 5.48. The van der Waals surface area contributed by atoms with E-state index in [0.717, 1.165) is 16.7 Å². The van der Waals surface area contributed by atoms with Gasteiger partial charge in [-0.2, -0.15) is 0 Å². The van der Waals surface area contributed by atoms with Gasteiger partial charge in [-0.15, -0.1) is 0 Å². The molecule has 0 unspecified atom stereocenters. The summed E-state index contributed by atoms with van der Waals surface area (Å²) in [6.07, 6.45) is 8.03. The second kappa shape index (κ2) is 6.03. The second-order valence-electron chi connectivity index (χ2n) is 6.37. The van der Waals surface area contributed by atoms with E-state index >= 15 is 0 Å². The van der Waals surface area contributed by atoms with Crippen LogP contribution in [-0.2, 0) is 0 Å². The minimum Gasteiger partial charge on any atom is -0.461 e. The third kappa shape index (κ3) is 2.93. The van der Waals surface area contributed by atoms with E-state index in [9.17, 15) is 0 Å². The van der Waals surface area contributed by atoms with Gasteiger partial charge < -0.3 is 9.73 Å². The van der Waals surface area contributed by atoms with Gasteiger partial charge in [-0.05, 0) is 44.0 Å². The number of rotatable bonds is 3. The van der Waals surface area contributed by atoms with Gasteiger partial charge in [0.25, 0.3) is 0 Å². The first kappa shape index (κ1) is 14.2. The number of nitrogens with one attached hydrogen (secondary N) is 1. The number of aryl methyl sites for hydroxylation is 1. The van der Waals surface area contributed by atoms with Crippen molar-refractivity contribution in [3.63, 3.8) is 0 Å². The number of furan rings is 1. The molecule has 3 aromatic rings. The van der Waals surface area contributed by atoms with Crippen molar-refractivity contribution in [2.45, 2.75) is 45.1 Å². The summed E-state index contributed by atoms with van der Waals surface area (Å²) in [5, 5.41) is 4.75. The fourth-order valence-electron chi connectivity index (χ4n) is 3.31. The van der Waals surface area contributed by atoms with E-state index in [2.05, 4.69) is 35.4 Å². The second-order valence-corrected chi connectivity index (χ2v) is 6.37. The van der Waals surface area contributed by atoms with Gasteiger partial charge in [-0.3, -0.25) is 0 Å². The molecular formula is C19H21N3O. The number of nitrogens with zero attached hydrogens (tertiary/aromatic N) is 2. The van der Waals surface area contributed by atoms with Gasteiger partial charge in [-0.25, -0.2) is 9.97 Å². The summed E-state index contributed by atoms with van der Waals surface area (Å²) in [6.45, 7) is 2.10. The van der Waals surface area contributed by atoms with Crippen LogP contribution < -0.4 is 5.32 Å². The first-order valence-electron chi connectivity index (χ1n) is 8.38. The topological polar surface area (TPSA) is 51.0 Å². The van der Waals surface area contributed by atoms with Crippen LogP contribution in [0.4, 0.5) is 5.82 Å². The molecule has 0 saturated heterocycles. The summed E-state index contributed by atoms with van der Waals surface area (Å²) in [5.74, 6) is 2.28. The summed E-state index contributed by atoms with van der Waals surface area (Å²) < 4.78 is 5.48. The molecule has 2 heterocycles. The number of aromatic nitrogens is 2. The third-order valence-corrected chi connectivity index (χ3v) is 4.54. The molecule has 4 nitrogen and oxygen atoms in total.